The first-order valence-corrected chi connectivity index (χ1v) is 5.77. The fraction of sp³-hybridized carbons (Fsp3) is 0.417. The van der Waals surface area contributed by atoms with Gasteiger partial charge in [0.2, 0.25) is 0 Å². The molecule has 0 aliphatic rings. The third-order valence-corrected chi connectivity index (χ3v) is 2.93. The summed E-state index contributed by atoms with van der Waals surface area (Å²) in [6.07, 6.45) is 3.71. The van der Waals surface area contributed by atoms with Crippen molar-refractivity contribution in [3.63, 3.8) is 0 Å². The second-order valence-corrected chi connectivity index (χ2v) is 4.42. The van der Waals surface area contributed by atoms with Crippen LogP contribution in [0.15, 0.2) is 12.4 Å². The van der Waals surface area contributed by atoms with Gasteiger partial charge in [0.25, 0.3) is 0 Å². The lowest BCUT2D eigenvalue weighted by Gasteiger charge is -2.20. The maximum Gasteiger partial charge on any atom is 0.137 e. The number of nitrogen functional groups attached to an aromatic ring is 1. The minimum absolute atomic E-state index is 0.532. The van der Waals surface area contributed by atoms with Crippen molar-refractivity contribution in [2.24, 2.45) is 7.05 Å². The Labute approximate surface area is 106 Å². The van der Waals surface area contributed by atoms with Gasteiger partial charge in [-0.1, -0.05) is 0 Å². The van der Waals surface area contributed by atoms with E-state index in [1.54, 1.807) is 6.20 Å². The van der Waals surface area contributed by atoms with E-state index in [4.69, 9.17) is 5.73 Å². The van der Waals surface area contributed by atoms with Crippen LogP contribution in [0.1, 0.15) is 17.2 Å². The van der Waals surface area contributed by atoms with Crippen LogP contribution in [-0.4, -0.2) is 26.6 Å². The van der Waals surface area contributed by atoms with E-state index in [0.717, 1.165) is 17.2 Å². The van der Waals surface area contributed by atoms with Gasteiger partial charge in [0, 0.05) is 32.1 Å². The molecule has 0 aliphatic carbocycles. The maximum atomic E-state index is 5.86. The van der Waals surface area contributed by atoms with Crippen LogP contribution in [0.3, 0.4) is 0 Å². The predicted octanol–water partition coefficient (Wildman–Crippen LogP) is 1.05. The van der Waals surface area contributed by atoms with E-state index in [2.05, 4.69) is 15.0 Å². The lowest BCUT2D eigenvalue weighted by molar-refractivity contribution is 0.751. The van der Waals surface area contributed by atoms with Gasteiger partial charge in [0.15, 0.2) is 0 Å². The molecule has 6 nitrogen and oxygen atoms in total. The van der Waals surface area contributed by atoms with E-state index in [1.165, 1.54) is 0 Å². The molecule has 2 rings (SSSR count). The molecule has 0 unspecified atom stereocenters. The van der Waals surface area contributed by atoms with Crippen molar-refractivity contribution in [2.75, 3.05) is 17.7 Å². The second-order valence-electron chi connectivity index (χ2n) is 4.42. The van der Waals surface area contributed by atoms with Crippen LogP contribution in [-0.2, 0) is 13.6 Å². The van der Waals surface area contributed by atoms with Crippen molar-refractivity contribution in [1.29, 1.82) is 0 Å². The molecule has 0 saturated carbocycles. The third-order valence-electron chi connectivity index (χ3n) is 2.93. The molecular weight excluding hydrogens is 228 g/mol. The van der Waals surface area contributed by atoms with Gasteiger partial charge < -0.3 is 15.2 Å². The molecule has 2 heterocycles. The van der Waals surface area contributed by atoms with Gasteiger partial charge in [0.1, 0.15) is 23.3 Å². The van der Waals surface area contributed by atoms with E-state index in [-0.39, 0.29) is 0 Å². The van der Waals surface area contributed by atoms with Crippen molar-refractivity contribution in [2.45, 2.75) is 20.4 Å². The maximum absolute atomic E-state index is 5.86. The van der Waals surface area contributed by atoms with E-state index in [1.807, 2.05) is 43.6 Å². The van der Waals surface area contributed by atoms with Crippen molar-refractivity contribution in [3.8, 4) is 0 Å². The number of hydrogen-bond acceptors (Lipinski definition) is 5. The number of nitrogens with two attached hydrogens (primary N) is 1. The largest absolute Gasteiger partial charge is 0.383 e. The highest BCUT2D eigenvalue weighted by Gasteiger charge is 2.12. The van der Waals surface area contributed by atoms with Crippen molar-refractivity contribution in [3.05, 3.63) is 29.6 Å². The molecule has 96 valence electrons. The molecule has 18 heavy (non-hydrogen) atoms. The van der Waals surface area contributed by atoms with Gasteiger partial charge in [-0.25, -0.2) is 15.0 Å². The summed E-state index contributed by atoms with van der Waals surface area (Å²) in [6, 6.07) is 0. The number of imidazole rings is 1. The minimum atomic E-state index is 0.532. The van der Waals surface area contributed by atoms with Crippen LogP contribution in [0.5, 0.6) is 0 Å². The van der Waals surface area contributed by atoms with E-state index >= 15 is 0 Å². The molecule has 2 aromatic rings. The zero-order valence-corrected chi connectivity index (χ0v) is 11.2. The lowest BCUT2D eigenvalue weighted by Crippen LogP contribution is -2.22. The van der Waals surface area contributed by atoms with Crippen molar-refractivity contribution in [1.82, 2.24) is 19.5 Å². The Morgan fingerprint density at radius 1 is 1.33 bits per heavy atom. The zero-order valence-electron chi connectivity index (χ0n) is 11.2. The first kappa shape index (κ1) is 12.3. The summed E-state index contributed by atoms with van der Waals surface area (Å²) in [4.78, 5) is 14.9. The summed E-state index contributed by atoms with van der Waals surface area (Å²) in [7, 11) is 3.95. The highest BCUT2D eigenvalue weighted by Crippen LogP contribution is 2.21. The topological polar surface area (TPSA) is 72.9 Å². The Morgan fingerprint density at radius 3 is 2.67 bits per heavy atom. The Hall–Kier alpha value is -2.11. The molecule has 0 aliphatic heterocycles. The van der Waals surface area contributed by atoms with Crippen molar-refractivity contribution < 1.29 is 0 Å². The predicted molar refractivity (Wildman–Crippen MR) is 71.2 cm³/mol. The molecule has 0 amide bonds. The van der Waals surface area contributed by atoms with Gasteiger partial charge in [-0.15, -0.1) is 0 Å². The lowest BCUT2D eigenvalue weighted by atomic mass is 10.3. The molecule has 0 bridgehead atoms. The normalized spacial score (nSPS) is 10.7. The quantitative estimate of drug-likeness (QED) is 0.876. The first-order valence-electron chi connectivity index (χ1n) is 5.77. The van der Waals surface area contributed by atoms with Crippen LogP contribution in [0.4, 0.5) is 11.6 Å². The van der Waals surface area contributed by atoms with Crippen LogP contribution < -0.4 is 10.6 Å². The highest BCUT2D eigenvalue weighted by molar-refractivity contribution is 5.55. The molecule has 2 N–H and O–H groups in total. The minimum Gasteiger partial charge on any atom is -0.383 e. The number of nitrogens with zero attached hydrogens (tertiary/aromatic N) is 5. The second kappa shape index (κ2) is 4.64. The summed E-state index contributed by atoms with van der Waals surface area (Å²) in [5.74, 6) is 3.04. The number of aromatic nitrogens is 4. The molecule has 0 saturated heterocycles. The average molecular weight is 246 g/mol. The summed E-state index contributed by atoms with van der Waals surface area (Å²) in [5, 5.41) is 0. The monoisotopic (exact) mass is 246 g/mol. The Balaban J connectivity index is 2.29. The molecule has 0 atom stereocenters. The number of hydrogen-bond donors (Lipinski definition) is 1. The molecular formula is C12H18N6. The Bertz CT molecular complexity index is 560. The van der Waals surface area contributed by atoms with Gasteiger partial charge in [-0.3, -0.25) is 0 Å². The van der Waals surface area contributed by atoms with Crippen LogP contribution in [0.2, 0.25) is 0 Å². The highest BCUT2D eigenvalue weighted by atomic mass is 15.2. The fourth-order valence-electron chi connectivity index (χ4n) is 1.84. The smallest absolute Gasteiger partial charge is 0.137 e. The van der Waals surface area contributed by atoms with Gasteiger partial charge in [-0.2, -0.15) is 0 Å². The summed E-state index contributed by atoms with van der Waals surface area (Å²) < 4.78 is 1.99. The Kier molecular flexibility index (Phi) is 3.18. The van der Waals surface area contributed by atoms with Gasteiger partial charge in [-0.05, 0) is 13.8 Å². The zero-order chi connectivity index (χ0) is 13.3. The molecule has 0 radical (unpaired) electrons. The summed E-state index contributed by atoms with van der Waals surface area (Å²) in [6.45, 7) is 4.45. The van der Waals surface area contributed by atoms with Gasteiger partial charge in [0.05, 0.1) is 6.54 Å². The van der Waals surface area contributed by atoms with Crippen molar-refractivity contribution >= 4 is 11.6 Å². The number of aryl methyl sites for hydroxylation is 2. The number of rotatable bonds is 3. The van der Waals surface area contributed by atoms with E-state index in [9.17, 15) is 0 Å². The Morgan fingerprint density at radius 2 is 2.06 bits per heavy atom. The molecule has 0 aromatic carbocycles. The van der Waals surface area contributed by atoms with E-state index in [0.29, 0.717) is 18.2 Å². The number of anilines is 2. The standard InChI is InChI=1S/C12H18N6/c1-8-11(13)15-9(2)16-12(8)18(4)7-10-14-5-6-17(10)3/h5-6H,7H2,1-4H3,(H2,13,15,16). The van der Waals surface area contributed by atoms with E-state index < -0.39 is 0 Å². The SMILES string of the molecule is Cc1nc(N)c(C)c(N(C)Cc2nccn2C)n1. The first-order chi connectivity index (χ1) is 8.49. The van der Waals surface area contributed by atoms with Crippen LogP contribution >= 0.6 is 0 Å². The molecule has 2 aromatic heterocycles. The molecule has 6 heteroatoms. The average Bonchev–Trinajstić information content (AvgIpc) is 2.69. The summed E-state index contributed by atoms with van der Waals surface area (Å²) >= 11 is 0. The third kappa shape index (κ3) is 2.27. The fourth-order valence-corrected chi connectivity index (χ4v) is 1.84. The van der Waals surface area contributed by atoms with Crippen LogP contribution in [0.25, 0.3) is 0 Å². The summed E-state index contributed by atoms with van der Waals surface area (Å²) in [5.41, 5.74) is 6.76. The van der Waals surface area contributed by atoms with Gasteiger partial charge >= 0.3 is 0 Å². The molecule has 0 spiro atoms. The van der Waals surface area contributed by atoms with Crippen LogP contribution in [0, 0.1) is 13.8 Å². The molecule has 0 fully saturated rings.